The zero-order chi connectivity index (χ0) is 22.4. The van der Waals surface area contributed by atoms with Gasteiger partial charge >= 0.3 is 0 Å². The predicted octanol–water partition coefficient (Wildman–Crippen LogP) is 6.01. The Morgan fingerprint density at radius 1 is 1.21 bits per heavy atom. The van der Waals surface area contributed by atoms with Crippen LogP contribution in [0, 0.1) is 5.41 Å². The molecule has 0 saturated carbocycles. The average Bonchev–Trinajstić information content (AvgIpc) is 3.09. The first kappa shape index (κ1) is 27.2. The van der Waals surface area contributed by atoms with Gasteiger partial charge in [-0.2, -0.15) is 0 Å². The van der Waals surface area contributed by atoms with Gasteiger partial charge in [0, 0.05) is 18.5 Å². The quantitative estimate of drug-likeness (QED) is 0.548. The lowest BCUT2D eigenvalue weighted by molar-refractivity contribution is -0.114. The summed E-state index contributed by atoms with van der Waals surface area (Å²) in [6.45, 7) is 15.4. The molecule has 2 N–H and O–H groups in total. The number of anilines is 1. The van der Waals surface area contributed by atoms with Gasteiger partial charge in [0.2, 0.25) is 5.91 Å². The summed E-state index contributed by atoms with van der Waals surface area (Å²) in [7, 11) is 2.00. The van der Waals surface area contributed by atoms with E-state index in [2.05, 4.69) is 37.5 Å². The largest absolute Gasteiger partial charge is 0.326 e. The first-order valence-corrected chi connectivity index (χ1v) is 11.2. The van der Waals surface area contributed by atoms with E-state index < -0.39 is 0 Å². The van der Waals surface area contributed by atoms with Crippen LogP contribution in [0.5, 0.6) is 0 Å². The van der Waals surface area contributed by atoms with E-state index in [1.807, 2.05) is 39.8 Å². The van der Waals surface area contributed by atoms with Crippen molar-refractivity contribution in [2.75, 3.05) is 18.9 Å². The van der Waals surface area contributed by atoms with Crippen LogP contribution < -0.4 is 10.6 Å². The standard InChI is InChI=1S/C20H31N3OS.C2H6.CH2O/c1-14(24)22-16-8-9-18-17(13-16)23-19(25-18)15(10-12-21-5)7-6-11-20(2,3)4;2*1-2/h8-9,13,15,21H,6-7,10-12H2,1-5H3,(H,22,24);1-2H3;1H2. The molecule has 1 aromatic heterocycles. The van der Waals surface area contributed by atoms with Gasteiger partial charge in [-0.05, 0) is 56.5 Å². The number of carbonyl (C=O) groups is 2. The summed E-state index contributed by atoms with van der Waals surface area (Å²) < 4.78 is 1.19. The maximum atomic E-state index is 11.2. The molecule has 164 valence electrons. The highest BCUT2D eigenvalue weighted by Gasteiger charge is 2.18. The zero-order valence-electron chi connectivity index (χ0n) is 19.2. The van der Waals surface area contributed by atoms with Gasteiger partial charge in [-0.15, -0.1) is 11.3 Å². The molecule has 0 aliphatic heterocycles. The van der Waals surface area contributed by atoms with Crippen LogP contribution in [0.25, 0.3) is 10.2 Å². The number of carbonyl (C=O) groups excluding carboxylic acids is 2. The molecule has 0 aliphatic carbocycles. The fourth-order valence-corrected chi connectivity index (χ4v) is 4.11. The molecule has 6 heteroatoms. The second kappa shape index (κ2) is 14.2. The second-order valence-electron chi connectivity index (χ2n) is 7.96. The van der Waals surface area contributed by atoms with Gasteiger partial charge in [0.05, 0.1) is 15.2 Å². The Labute approximate surface area is 180 Å². The third-order valence-corrected chi connectivity index (χ3v) is 5.49. The number of aromatic nitrogens is 1. The highest BCUT2D eigenvalue weighted by Crippen LogP contribution is 2.34. The second-order valence-corrected chi connectivity index (χ2v) is 9.02. The van der Waals surface area contributed by atoms with E-state index in [-0.39, 0.29) is 5.91 Å². The van der Waals surface area contributed by atoms with Crippen molar-refractivity contribution >= 4 is 39.9 Å². The number of hydrogen-bond acceptors (Lipinski definition) is 5. The number of benzene rings is 1. The molecule has 0 fully saturated rings. The predicted molar refractivity (Wildman–Crippen MR) is 127 cm³/mol. The monoisotopic (exact) mass is 421 g/mol. The lowest BCUT2D eigenvalue weighted by Crippen LogP contribution is -2.13. The molecule has 1 aromatic carbocycles. The fraction of sp³-hybridized carbons (Fsp3) is 0.609. The maximum Gasteiger partial charge on any atom is 0.221 e. The van der Waals surface area contributed by atoms with E-state index in [0.29, 0.717) is 11.3 Å². The van der Waals surface area contributed by atoms with Gasteiger partial charge in [0.15, 0.2) is 0 Å². The number of nitrogens with zero attached hydrogens (tertiary/aromatic N) is 1. The SMILES string of the molecule is C=O.CC.CNCCC(CCCC(C)(C)C)c1nc2cc(NC(C)=O)ccc2s1. The third-order valence-electron chi connectivity index (χ3n) is 4.30. The van der Waals surface area contributed by atoms with Gasteiger partial charge in [-0.1, -0.05) is 41.0 Å². The van der Waals surface area contributed by atoms with Gasteiger partial charge in [-0.25, -0.2) is 4.98 Å². The van der Waals surface area contributed by atoms with Crippen LogP contribution in [0.4, 0.5) is 5.69 Å². The van der Waals surface area contributed by atoms with E-state index in [1.54, 1.807) is 11.3 Å². The number of rotatable bonds is 8. The molecule has 0 saturated heterocycles. The molecule has 0 aliphatic rings. The van der Waals surface area contributed by atoms with Crippen molar-refractivity contribution in [1.82, 2.24) is 10.3 Å². The molecule has 1 heterocycles. The lowest BCUT2D eigenvalue weighted by atomic mass is 9.87. The molecule has 2 aromatic rings. The Hall–Kier alpha value is -1.79. The number of nitrogens with one attached hydrogen (secondary N) is 2. The summed E-state index contributed by atoms with van der Waals surface area (Å²) in [5, 5.41) is 7.33. The number of thiazole rings is 1. The van der Waals surface area contributed by atoms with Crippen LogP contribution in [-0.2, 0) is 9.59 Å². The molecular formula is C23H39N3O2S. The maximum absolute atomic E-state index is 11.2. The van der Waals surface area contributed by atoms with Gasteiger partial charge in [0.1, 0.15) is 6.79 Å². The Morgan fingerprint density at radius 2 is 1.86 bits per heavy atom. The minimum Gasteiger partial charge on any atom is -0.326 e. The van der Waals surface area contributed by atoms with Crippen molar-refractivity contribution in [1.29, 1.82) is 0 Å². The highest BCUT2D eigenvalue weighted by molar-refractivity contribution is 7.18. The van der Waals surface area contributed by atoms with E-state index in [9.17, 15) is 4.79 Å². The summed E-state index contributed by atoms with van der Waals surface area (Å²) in [6, 6.07) is 5.99. The van der Waals surface area contributed by atoms with Crippen LogP contribution >= 0.6 is 11.3 Å². The molecule has 0 bridgehead atoms. The van der Waals surface area contributed by atoms with Crippen LogP contribution in [-0.4, -0.2) is 31.3 Å². The van der Waals surface area contributed by atoms with Crippen molar-refractivity contribution in [3.8, 4) is 0 Å². The summed E-state index contributed by atoms with van der Waals surface area (Å²) in [6.07, 6.45) is 4.75. The van der Waals surface area contributed by atoms with Crippen molar-refractivity contribution in [2.24, 2.45) is 5.41 Å². The van der Waals surface area contributed by atoms with Crippen LogP contribution in [0.2, 0.25) is 0 Å². The number of fused-ring (bicyclic) bond motifs is 1. The summed E-state index contributed by atoms with van der Waals surface area (Å²) in [5.41, 5.74) is 2.18. The average molecular weight is 422 g/mol. The zero-order valence-corrected chi connectivity index (χ0v) is 20.0. The molecule has 2 rings (SSSR count). The molecule has 1 atom stereocenters. The molecular weight excluding hydrogens is 382 g/mol. The Bertz CT molecular complexity index is 722. The smallest absolute Gasteiger partial charge is 0.221 e. The summed E-state index contributed by atoms with van der Waals surface area (Å²) >= 11 is 1.79. The topological polar surface area (TPSA) is 71.1 Å². The van der Waals surface area contributed by atoms with Crippen molar-refractivity contribution < 1.29 is 9.59 Å². The first-order chi connectivity index (χ1) is 13.8. The van der Waals surface area contributed by atoms with Crippen molar-refractivity contribution in [2.45, 2.75) is 73.1 Å². The highest BCUT2D eigenvalue weighted by atomic mass is 32.1. The van der Waals surface area contributed by atoms with E-state index in [4.69, 9.17) is 9.78 Å². The first-order valence-electron chi connectivity index (χ1n) is 10.4. The van der Waals surface area contributed by atoms with Gasteiger partial charge in [0.25, 0.3) is 0 Å². The molecule has 1 unspecified atom stereocenters. The minimum atomic E-state index is -0.0520. The molecule has 29 heavy (non-hydrogen) atoms. The fourth-order valence-electron chi connectivity index (χ4n) is 2.99. The number of amides is 1. The van der Waals surface area contributed by atoms with E-state index in [0.717, 1.165) is 24.2 Å². The van der Waals surface area contributed by atoms with Gasteiger partial charge in [-0.3, -0.25) is 4.79 Å². The van der Waals surface area contributed by atoms with Crippen molar-refractivity contribution in [3.63, 3.8) is 0 Å². The van der Waals surface area contributed by atoms with E-state index in [1.165, 1.54) is 35.9 Å². The Balaban J connectivity index is 0.00000184. The number of hydrogen-bond donors (Lipinski definition) is 2. The van der Waals surface area contributed by atoms with Gasteiger partial charge < -0.3 is 15.4 Å². The summed E-state index contributed by atoms with van der Waals surface area (Å²) in [5.74, 6) is 0.445. The molecule has 0 spiro atoms. The molecule has 5 nitrogen and oxygen atoms in total. The van der Waals surface area contributed by atoms with Crippen LogP contribution in [0.15, 0.2) is 18.2 Å². The van der Waals surface area contributed by atoms with Crippen LogP contribution in [0.3, 0.4) is 0 Å². The summed E-state index contributed by atoms with van der Waals surface area (Å²) in [4.78, 5) is 24.1. The van der Waals surface area contributed by atoms with Crippen LogP contribution in [0.1, 0.15) is 78.2 Å². The lowest BCUT2D eigenvalue weighted by Gasteiger charge is -2.20. The normalized spacial score (nSPS) is 11.7. The van der Waals surface area contributed by atoms with E-state index >= 15 is 0 Å². The minimum absolute atomic E-state index is 0.0520. The van der Waals surface area contributed by atoms with Crippen molar-refractivity contribution in [3.05, 3.63) is 23.2 Å². The Morgan fingerprint density at radius 3 is 2.41 bits per heavy atom. The third kappa shape index (κ3) is 10.5. The Kier molecular flexibility index (Phi) is 13.4. The molecule has 1 amide bonds. The molecule has 0 radical (unpaired) electrons.